The molecule has 5 heteroatoms. The van der Waals surface area contributed by atoms with Crippen LogP contribution in [0.3, 0.4) is 0 Å². The summed E-state index contributed by atoms with van der Waals surface area (Å²) in [6.07, 6.45) is 2.93. The summed E-state index contributed by atoms with van der Waals surface area (Å²) in [6, 6.07) is -0.474. The summed E-state index contributed by atoms with van der Waals surface area (Å²) in [5, 5.41) is 8.91. The van der Waals surface area contributed by atoms with Gasteiger partial charge in [-0.15, -0.1) is 0 Å². The number of nitrogens with two attached hydrogens (primary N) is 1. The van der Waals surface area contributed by atoms with Crippen LogP contribution >= 0.6 is 0 Å². The molecule has 0 aromatic heterocycles. The van der Waals surface area contributed by atoms with Gasteiger partial charge in [-0.3, -0.25) is 9.59 Å². The molecular weight excluding hydrogens is 208 g/mol. The van der Waals surface area contributed by atoms with Crippen LogP contribution in [0.5, 0.6) is 0 Å². The molecular formula is C11H20N2O3. The number of rotatable bonds is 4. The van der Waals surface area contributed by atoms with Gasteiger partial charge in [-0.05, 0) is 19.3 Å². The standard InChI is InChI=1S/C11H20N2O3/c1-2-4-9(12)10(14)13-6-3-5-8(7-13)11(15)16/h8-9H,2-7,12H2,1H3,(H,15,16)/t8-,9?/m0/s1. The van der Waals surface area contributed by atoms with E-state index in [4.69, 9.17) is 10.8 Å². The number of nitrogens with zero attached hydrogens (tertiary/aromatic N) is 1. The number of hydrogen-bond acceptors (Lipinski definition) is 3. The van der Waals surface area contributed by atoms with E-state index in [1.807, 2.05) is 6.92 Å². The molecule has 1 fully saturated rings. The van der Waals surface area contributed by atoms with Crippen molar-refractivity contribution >= 4 is 11.9 Å². The van der Waals surface area contributed by atoms with E-state index in [0.717, 1.165) is 12.8 Å². The van der Waals surface area contributed by atoms with Crippen LogP contribution in [0.1, 0.15) is 32.6 Å². The lowest BCUT2D eigenvalue weighted by atomic mass is 9.97. The summed E-state index contributed by atoms with van der Waals surface area (Å²) in [5.41, 5.74) is 5.74. The molecule has 1 saturated heterocycles. The zero-order valence-corrected chi connectivity index (χ0v) is 9.69. The molecule has 0 aromatic carbocycles. The number of likely N-dealkylation sites (tertiary alicyclic amines) is 1. The normalized spacial score (nSPS) is 22.9. The van der Waals surface area contributed by atoms with Gasteiger partial charge in [0.25, 0.3) is 0 Å². The minimum Gasteiger partial charge on any atom is -0.481 e. The second kappa shape index (κ2) is 5.84. The molecule has 1 amide bonds. The number of carbonyl (C=O) groups is 2. The molecule has 3 N–H and O–H groups in total. The van der Waals surface area contributed by atoms with Gasteiger partial charge in [0.1, 0.15) is 0 Å². The van der Waals surface area contributed by atoms with E-state index in [-0.39, 0.29) is 5.91 Å². The maximum atomic E-state index is 11.9. The molecule has 1 aliphatic heterocycles. The summed E-state index contributed by atoms with van der Waals surface area (Å²) >= 11 is 0. The fourth-order valence-corrected chi connectivity index (χ4v) is 2.05. The van der Waals surface area contributed by atoms with Crippen LogP contribution in [0.2, 0.25) is 0 Å². The molecule has 1 unspecified atom stereocenters. The van der Waals surface area contributed by atoms with E-state index in [1.165, 1.54) is 0 Å². The third-order valence-corrected chi connectivity index (χ3v) is 3.00. The van der Waals surface area contributed by atoms with Crippen molar-refractivity contribution < 1.29 is 14.7 Å². The van der Waals surface area contributed by atoms with E-state index < -0.39 is 17.9 Å². The van der Waals surface area contributed by atoms with E-state index in [0.29, 0.717) is 25.9 Å². The van der Waals surface area contributed by atoms with Crippen LogP contribution in [0.25, 0.3) is 0 Å². The van der Waals surface area contributed by atoms with Crippen LogP contribution in [0.4, 0.5) is 0 Å². The van der Waals surface area contributed by atoms with Gasteiger partial charge in [-0.2, -0.15) is 0 Å². The zero-order chi connectivity index (χ0) is 12.1. The number of carboxylic acid groups (broad SMARTS) is 1. The predicted octanol–water partition coefficient (Wildman–Crippen LogP) is 0.437. The van der Waals surface area contributed by atoms with Crippen molar-refractivity contribution in [1.29, 1.82) is 0 Å². The molecule has 0 bridgehead atoms. The van der Waals surface area contributed by atoms with E-state index in [9.17, 15) is 9.59 Å². The van der Waals surface area contributed by atoms with Gasteiger partial charge in [0.2, 0.25) is 5.91 Å². The topological polar surface area (TPSA) is 83.6 Å². The molecule has 0 spiro atoms. The maximum absolute atomic E-state index is 11.9. The Morgan fingerprint density at radius 1 is 1.56 bits per heavy atom. The Balaban J connectivity index is 2.53. The number of piperidine rings is 1. The molecule has 0 radical (unpaired) electrons. The Kier molecular flexibility index (Phi) is 4.73. The summed E-state index contributed by atoms with van der Waals surface area (Å²) in [6.45, 7) is 2.93. The first-order valence-corrected chi connectivity index (χ1v) is 5.83. The summed E-state index contributed by atoms with van der Waals surface area (Å²) < 4.78 is 0. The van der Waals surface area contributed by atoms with Gasteiger partial charge in [0, 0.05) is 13.1 Å². The van der Waals surface area contributed by atoms with Crippen molar-refractivity contribution in [2.24, 2.45) is 11.7 Å². The summed E-state index contributed by atoms with van der Waals surface area (Å²) in [5.74, 6) is -1.35. The van der Waals surface area contributed by atoms with Crippen molar-refractivity contribution in [3.8, 4) is 0 Å². The lowest BCUT2D eigenvalue weighted by molar-refractivity contribution is -0.146. The molecule has 2 atom stereocenters. The Hall–Kier alpha value is -1.10. The van der Waals surface area contributed by atoms with Crippen LogP contribution in [0, 0.1) is 5.92 Å². The first kappa shape index (κ1) is 13.0. The highest BCUT2D eigenvalue weighted by Gasteiger charge is 2.29. The van der Waals surface area contributed by atoms with Crippen LogP contribution in [-0.2, 0) is 9.59 Å². The SMILES string of the molecule is CCCC(N)C(=O)N1CCC[C@H](C(=O)O)C1. The van der Waals surface area contributed by atoms with Crippen LogP contribution in [0.15, 0.2) is 0 Å². The minimum atomic E-state index is -0.818. The largest absolute Gasteiger partial charge is 0.481 e. The minimum absolute atomic E-state index is 0.104. The van der Waals surface area contributed by atoms with Gasteiger partial charge >= 0.3 is 5.97 Å². The number of carboxylic acids is 1. The number of amides is 1. The highest BCUT2D eigenvalue weighted by molar-refractivity contribution is 5.82. The predicted molar refractivity (Wildman–Crippen MR) is 59.8 cm³/mol. The number of carbonyl (C=O) groups excluding carboxylic acids is 1. The second-order valence-corrected chi connectivity index (χ2v) is 4.36. The molecule has 5 nitrogen and oxygen atoms in total. The maximum Gasteiger partial charge on any atom is 0.308 e. The quantitative estimate of drug-likeness (QED) is 0.731. The molecule has 1 rings (SSSR count). The Morgan fingerprint density at radius 2 is 2.25 bits per heavy atom. The van der Waals surface area contributed by atoms with Crippen molar-refractivity contribution in [2.45, 2.75) is 38.6 Å². The average Bonchev–Trinajstić information content (AvgIpc) is 2.28. The summed E-state index contributed by atoms with van der Waals surface area (Å²) in [4.78, 5) is 24.3. The Bertz CT molecular complexity index is 268. The molecule has 1 heterocycles. The van der Waals surface area contributed by atoms with Gasteiger partial charge in [-0.25, -0.2) is 0 Å². The van der Waals surface area contributed by atoms with Crippen molar-refractivity contribution in [1.82, 2.24) is 4.90 Å². The zero-order valence-electron chi connectivity index (χ0n) is 9.69. The number of hydrogen-bond donors (Lipinski definition) is 2. The summed E-state index contributed by atoms with van der Waals surface area (Å²) in [7, 11) is 0. The molecule has 92 valence electrons. The van der Waals surface area contributed by atoms with Gasteiger partial charge in [0.05, 0.1) is 12.0 Å². The fourth-order valence-electron chi connectivity index (χ4n) is 2.05. The van der Waals surface area contributed by atoms with Gasteiger partial charge < -0.3 is 15.7 Å². The number of aliphatic carboxylic acids is 1. The van der Waals surface area contributed by atoms with Crippen molar-refractivity contribution in [3.63, 3.8) is 0 Å². The Labute approximate surface area is 95.6 Å². The average molecular weight is 228 g/mol. The smallest absolute Gasteiger partial charge is 0.308 e. The molecule has 0 aromatic rings. The highest BCUT2D eigenvalue weighted by Crippen LogP contribution is 2.17. The monoisotopic (exact) mass is 228 g/mol. The van der Waals surface area contributed by atoms with Crippen LogP contribution in [-0.4, -0.2) is 41.0 Å². The first-order chi connectivity index (χ1) is 7.56. The third kappa shape index (κ3) is 3.20. The van der Waals surface area contributed by atoms with Gasteiger partial charge in [0.15, 0.2) is 0 Å². The van der Waals surface area contributed by atoms with E-state index >= 15 is 0 Å². The lowest BCUT2D eigenvalue weighted by Gasteiger charge is -2.32. The highest BCUT2D eigenvalue weighted by atomic mass is 16.4. The van der Waals surface area contributed by atoms with E-state index in [2.05, 4.69) is 0 Å². The molecule has 0 aliphatic carbocycles. The van der Waals surface area contributed by atoms with Crippen molar-refractivity contribution in [3.05, 3.63) is 0 Å². The van der Waals surface area contributed by atoms with Crippen LogP contribution < -0.4 is 5.73 Å². The molecule has 0 saturated carbocycles. The van der Waals surface area contributed by atoms with E-state index in [1.54, 1.807) is 4.90 Å². The van der Waals surface area contributed by atoms with Crippen molar-refractivity contribution in [2.75, 3.05) is 13.1 Å². The Morgan fingerprint density at radius 3 is 2.81 bits per heavy atom. The fraction of sp³-hybridized carbons (Fsp3) is 0.818. The van der Waals surface area contributed by atoms with Gasteiger partial charge in [-0.1, -0.05) is 13.3 Å². The molecule has 16 heavy (non-hydrogen) atoms. The third-order valence-electron chi connectivity index (χ3n) is 3.00. The lowest BCUT2D eigenvalue weighted by Crippen LogP contribution is -2.49. The molecule has 1 aliphatic rings. The second-order valence-electron chi connectivity index (χ2n) is 4.36. The first-order valence-electron chi connectivity index (χ1n) is 5.83.